The quantitative estimate of drug-likeness (QED) is 0.408. The van der Waals surface area contributed by atoms with Crippen molar-refractivity contribution in [3.05, 3.63) is 98.7 Å². The lowest BCUT2D eigenvalue weighted by Gasteiger charge is -2.18. The van der Waals surface area contributed by atoms with Gasteiger partial charge in [-0.15, -0.1) is 0 Å². The van der Waals surface area contributed by atoms with Gasteiger partial charge >= 0.3 is 0 Å². The first-order valence-corrected chi connectivity index (χ1v) is 11.7. The van der Waals surface area contributed by atoms with Crippen molar-refractivity contribution in [3.63, 3.8) is 0 Å². The van der Waals surface area contributed by atoms with E-state index in [-0.39, 0.29) is 23.1 Å². The molecule has 3 aromatic carbocycles. The SMILES string of the molecule is Cc1ccc(C)c(NC(=O)Cc2ccc(NC3=C(Cl)C(=O)N(c4cccc(Cl)c4C)C3=O)cc2)c1. The molecule has 178 valence electrons. The number of carbonyl (C=O) groups excluding carboxylic acids is 3. The number of aryl methyl sites for hydroxylation is 2. The largest absolute Gasteiger partial charge is 0.350 e. The minimum atomic E-state index is -0.621. The number of nitrogens with one attached hydrogen (secondary N) is 2. The first-order chi connectivity index (χ1) is 16.7. The van der Waals surface area contributed by atoms with Crippen LogP contribution in [0.4, 0.5) is 17.1 Å². The number of halogens is 2. The maximum absolute atomic E-state index is 13.0. The average molecular weight is 508 g/mol. The molecule has 1 aliphatic rings. The lowest BCUT2D eigenvalue weighted by molar-refractivity contribution is -0.120. The molecule has 3 aromatic rings. The molecular formula is C27H23Cl2N3O3. The van der Waals surface area contributed by atoms with Gasteiger partial charge in [-0.25, -0.2) is 4.90 Å². The molecule has 0 aliphatic carbocycles. The van der Waals surface area contributed by atoms with Crippen LogP contribution in [0.1, 0.15) is 22.3 Å². The van der Waals surface area contributed by atoms with Crippen LogP contribution in [-0.4, -0.2) is 17.7 Å². The third-order valence-corrected chi connectivity index (χ3v) is 6.52. The van der Waals surface area contributed by atoms with Gasteiger partial charge in [-0.05, 0) is 73.4 Å². The van der Waals surface area contributed by atoms with Gasteiger partial charge in [0, 0.05) is 16.4 Å². The fourth-order valence-electron chi connectivity index (χ4n) is 3.77. The van der Waals surface area contributed by atoms with Crippen molar-refractivity contribution < 1.29 is 14.4 Å². The number of hydrogen-bond donors (Lipinski definition) is 2. The molecule has 2 N–H and O–H groups in total. The highest BCUT2D eigenvalue weighted by atomic mass is 35.5. The van der Waals surface area contributed by atoms with Crippen molar-refractivity contribution in [1.29, 1.82) is 0 Å². The molecule has 3 amide bonds. The van der Waals surface area contributed by atoms with Gasteiger partial charge in [-0.3, -0.25) is 14.4 Å². The van der Waals surface area contributed by atoms with Gasteiger partial charge in [-0.1, -0.05) is 53.5 Å². The van der Waals surface area contributed by atoms with Crippen molar-refractivity contribution in [1.82, 2.24) is 0 Å². The van der Waals surface area contributed by atoms with Crippen LogP contribution in [0, 0.1) is 20.8 Å². The van der Waals surface area contributed by atoms with Gasteiger partial charge in [-0.2, -0.15) is 0 Å². The highest BCUT2D eigenvalue weighted by Gasteiger charge is 2.39. The van der Waals surface area contributed by atoms with E-state index in [0.717, 1.165) is 27.3 Å². The van der Waals surface area contributed by atoms with Crippen LogP contribution in [-0.2, 0) is 20.8 Å². The average Bonchev–Trinajstić information content (AvgIpc) is 3.02. The molecule has 0 aromatic heterocycles. The van der Waals surface area contributed by atoms with Gasteiger partial charge in [0.05, 0.1) is 12.1 Å². The van der Waals surface area contributed by atoms with Gasteiger partial charge in [0.15, 0.2) is 0 Å². The molecule has 6 nitrogen and oxygen atoms in total. The number of hydrogen-bond acceptors (Lipinski definition) is 4. The molecule has 1 aliphatic heterocycles. The molecular weight excluding hydrogens is 485 g/mol. The van der Waals surface area contributed by atoms with Crippen LogP contribution in [0.3, 0.4) is 0 Å². The summed E-state index contributed by atoms with van der Waals surface area (Å²) in [6.45, 7) is 5.65. The predicted molar refractivity (Wildman–Crippen MR) is 140 cm³/mol. The van der Waals surface area contributed by atoms with Crippen LogP contribution in [0.5, 0.6) is 0 Å². The summed E-state index contributed by atoms with van der Waals surface area (Å²) in [6.07, 6.45) is 0.191. The Morgan fingerprint density at radius 2 is 1.63 bits per heavy atom. The molecule has 4 rings (SSSR count). The Hall–Kier alpha value is -3.61. The standard InChI is InChI=1S/C27H23Cl2N3O3/c1-15-7-8-16(2)21(13-15)31-23(33)14-18-9-11-19(12-10-18)30-25-24(29)26(34)32(27(25)35)22-6-4-5-20(28)17(22)3/h4-13,30H,14H2,1-3H3,(H,31,33). The summed E-state index contributed by atoms with van der Waals surface area (Å²) in [4.78, 5) is 39.3. The van der Waals surface area contributed by atoms with E-state index >= 15 is 0 Å². The van der Waals surface area contributed by atoms with E-state index in [1.807, 2.05) is 32.0 Å². The Balaban J connectivity index is 1.45. The lowest BCUT2D eigenvalue weighted by Crippen LogP contribution is -2.32. The van der Waals surface area contributed by atoms with Crippen molar-refractivity contribution in [2.24, 2.45) is 0 Å². The predicted octanol–water partition coefficient (Wildman–Crippen LogP) is 5.88. The zero-order chi connectivity index (χ0) is 25.3. The van der Waals surface area contributed by atoms with Crippen LogP contribution < -0.4 is 15.5 Å². The molecule has 0 unspecified atom stereocenters. The maximum Gasteiger partial charge on any atom is 0.283 e. The van der Waals surface area contributed by atoms with Crippen LogP contribution in [0.15, 0.2) is 71.4 Å². The Bertz CT molecular complexity index is 1380. The van der Waals surface area contributed by atoms with Crippen LogP contribution in [0.2, 0.25) is 5.02 Å². The van der Waals surface area contributed by atoms with Gasteiger partial charge in [0.1, 0.15) is 10.7 Å². The lowest BCUT2D eigenvalue weighted by atomic mass is 10.1. The number of amides is 3. The molecule has 0 radical (unpaired) electrons. The van der Waals surface area contributed by atoms with E-state index in [4.69, 9.17) is 23.2 Å². The van der Waals surface area contributed by atoms with Crippen molar-refractivity contribution >= 4 is 58.0 Å². The number of carbonyl (C=O) groups is 3. The monoisotopic (exact) mass is 507 g/mol. The number of rotatable bonds is 6. The molecule has 0 saturated carbocycles. The number of anilines is 3. The maximum atomic E-state index is 13.0. The van der Waals surface area contributed by atoms with Crippen LogP contribution in [0.25, 0.3) is 0 Å². The topological polar surface area (TPSA) is 78.5 Å². The molecule has 0 bridgehead atoms. The second-order valence-corrected chi connectivity index (χ2v) is 9.17. The van der Waals surface area contributed by atoms with Crippen molar-refractivity contribution in [3.8, 4) is 0 Å². The minimum absolute atomic E-state index is 0.0172. The molecule has 1 heterocycles. The fraction of sp³-hybridized carbons (Fsp3) is 0.148. The number of benzene rings is 3. The summed E-state index contributed by atoms with van der Waals surface area (Å²) in [5, 5.41) is 6.12. The number of imide groups is 1. The summed E-state index contributed by atoms with van der Waals surface area (Å²) in [6, 6.07) is 17.9. The summed E-state index contributed by atoms with van der Waals surface area (Å²) in [5.41, 5.74) is 5.17. The normalized spacial score (nSPS) is 13.5. The van der Waals surface area contributed by atoms with Crippen LogP contribution >= 0.6 is 23.2 Å². The smallest absolute Gasteiger partial charge is 0.283 e. The van der Waals surface area contributed by atoms with Gasteiger partial charge in [0.2, 0.25) is 5.91 Å². The summed E-state index contributed by atoms with van der Waals surface area (Å²) in [5.74, 6) is -1.32. The zero-order valence-corrected chi connectivity index (χ0v) is 20.9. The molecule has 0 saturated heterocycles. The van der Waals surface area contributed by atoms with E-state index in [1.54, 1.807) is 49.4 Å². The molecule has 0 atom stereocenters. The Labute approximate surface area is 213 Å². The van der Waals surface area contributed by atoms with E-state index < -0.39 is 11.8 Å². The summed E-state index contributed by atoms with van der Waals surface area (Å²) in [7, 11) is 0. The summed E-state index contributed by atoms with van der Waals surface area (Å²) < 4.78 is 0. The third kappa shape index (κ3) is 5.09. The third-order valence-electron chi connectivity index (χ3n) is 5.76. The van der Waals surface area contributed by atoms with E-state index in [0.29, 0.717) is 22.0 Å². The second kappa shape index (κ2) is 9.94. The van der Waals surface area contributed by atoms with E-state index in [1.165, 1.54) is 0 Å². The Kier molecular flexibility index (Phi) is 6.96. The summed E-state index contributed by atoms with van der Waals surface area (Å²) >= 11 is 12.4. The molecule has 35 heavy (non-hydrogen) atoms. The molecule has 8 heteroatoms. The van der Waals surface area contributed by atoms with Gasteiger partial charge < -0.3 is 10.6 Å². The van der Waals surface area contributed by atoms with Crippen molar-refractivity contribution in [2.75, 3.05) is 15.5 Å². The van der Waals surface area contributed by atoms with Gasteiger partial charge in [0.25, 0.3) is 11.8 Å². The fourth-order valence-corrected chi connectivity index (χ4v) is 4.15. The first-order valence-electron chi connectivity index (χ1n) is 10.9. The number of nitrogens with zero attached hydrogens (tertiary/aromatic N) is 1. The minimum Gasteiger partial charge on any atom is -0.350 e. The highest BCUT2D eigenvalue weighted by molar-refractivity contribution is 6.53. The van der Waals surface area contributed by atoms with Crippen molar-refractivity contribution in [2.45, 2.75) is 27.2 Å². The zero-order valence-electron chi connectivity index (χ0n) is 19.4. The highest BCUT2D eigenvalue weighted by Crippen LogP contribution is 2.34. The second-order valence-electron chi connectivity index (χ2n) is 8.38. The molecule has 0 fully saturated rings. The first kappa shape index (κ1) is 24.5. The van der Waals surface area contributed by atoms with E-state index in [9.17, 15) is 14.4 Å². The Morgan fingerprint density at radius 1 is 0.914 bits per heavy atom. The van der Waals surface area contributed by atoms with E-state index in [2.05, 4.69) is 10.6 Å². The Morgan fingerprint density at radius 3 is 2.34 bits per heavy atom. The molecule has 0 spiro atoms.